The molecule has 2 unspecified atom stereocenters. The van der Waals surface area contributed by atoms with Crippen molar-refractivity contribution < 1.29 is 19.1 Å². The van der Waals surface area contributed by atoms with Gasteiger partial charge in [0.2, 0.25) is 0 Å². The van der Waals surface area contributed by atoms with Crippen LogP contribution in [0.3, 0.4) is 0 Å². The summed E-state index contributed by atoms with van der Waals surface area (Å²) in [6.07, 6.45) is 4.01. The molecular formula is C13H20O4. The molecule has 2 atom stereocenters. The van der Waals surface area contributed by atoms with Gasteiger partial charge in [0.05, 0.1) is 18.9 Å². The highest BCUT2D eigenvalue weighted by Gasteiger charge is 2.33. The largest absolute Gasteiger partial charge is 0.469 e. The number of allylic oxidation sites excluding steroid dienone is 1. The molecule has 4 nitrogen and oxygen atoms in total. The molecule has 0 aromatic carbocycles. The second-order valence-corrected chi connectivity index (χ2v) is 3.59. The first kappa shape index (κ1) is 15.4. The van der Waals surface area contributed by atoms with Crippen LogP contribution >= 0.6 is 0 Å². The summed E-state index contributed by atoms with van der Waals surface area (Å²) in [5.41, 5.74) is 0. The molecule has 17 heavy (non-hydrogen) atoms. The van der Waals surface area contributed by atoms with Crippen LogP contribution < -0.4 is 0 Å². The predicted molar refractivity (Wildman–Crippen MR) is 65.3 cm³/mol. The Bertz CT molecular complexity index is 283. The number of esters is 2. The van der Waals surface area contributed by atoms with Gasteiger partial charge in [0.25, 0.3) is 0 Å². The van der Waals surface area contributed by atoms with E-state index in [0.717, 1.165) is 0 Å². The average Bonchev–Trinajstić information content (AvgIpc) is 2.35. The summed E-state index contributed by atoms with van der Waals surface area (Å²) in [7, 11) is 1.31. The van der Waals surface area contributed by atoms with Gasteiger partial charge >= 0.3 is 11.9 Å². The molecule has 0 heterocycles. The lowest BCUT2D eigenvalue weighted by Crippen LogP contribution is -2.31. The lowest BCUT2D eigenvalue weighted by molar-refractivity contribution is -0.158. The van der Waals surface area contributed by atoms with Crippen LogP contribution in [0, 0.1) is 11.8 Å². The third-order valence-electron chi connectivity index (χ3n) is 2.50. The number of hydrogen-bond donors (Lipinski definition) is 0. The normalized spacial score (nSPS) is 13.3. The fourth-order valence-electron chi connectivity index (χ4n) is 1.62. The van der Waals surface area contributed by atoms with E-state index in [1.807, 2.05) is 6.92 Å². The van der Waals surface area contributed by atoms with Crippen LogP contribution in [0.5, 0.6) is 0 Å². The van der Waals surface area contributed by atoms with Gasteiger partial charge in [-0.3, -0.25) is 9.59 Å². The molecule has 0 aliphatic heterocycles. The lowest BCUT2D eigenvalue weighted by atomic mass is 9.87. The first-order valence-electron chi connectivity index (χ1n) is 5.58. The molecule has 0 aliphatic carbocycles. The molecule has 0 aliphatic rings. The van der Waals surface area contributed by atoms with Crippen molar-refractivity contribution in [3.05, 3.63) is 25.3 Å². The molecule has 0 bridgehead atoms. The monoisotopic (exact) mass is 240 g/mol. The highest BCUT2D eigenvalue weighted by atomic mass is 16.5. The van der Waals surface area contributed by atoms with E-state index in [0.29, 0.717) is 12.8 Å². The van der Waals surface area contributed by atoms with Crippen LogP contribution in [0.15, 0.2) is 25.3 Å². The third kappa shape index (κ3) is 4.85. The van der Waals surface area contributed by atoms with Gasteiger partial charge in [-0.2, -0.15) is 0 Å². The van der Waals surface area contributed by atoms with Gasteiger partial charge in [0.1, 0.15) is 6.61 Å². The minimum atomic E-state index is -0.528. The SMILES string of the molecule is C=CCOC(=O)C(CC)C(CC=C)C(=O)OC. The van der Waals surface area contributed by atoms with Crippen molar-refractivity contribution in [1.29, 1.82) is 0 Å². The second-order valence-electron chi connectivity index (χ2n) is 3.59. The Hall–Kier alpha value is -1.58. The molecule has 0 fully saturated rings. The van der Waals surface area contributed by atoms with Gasteiger partial charge in [-0.05, 0) is 12.8 Å². The number of hydrogen-bond acceptors (Lipinski definition) is 4. The summed E-state index contributed by atoms with van der Waals surface area (Å²) >= 11 is 0. The van der Waals surface area contributed by atoms with Crippen molar-refractivity contribution in [2.45, 2.75) is 19.8 Å². The number of methoxy groups -OCH3 is 1. The fraction of sp³-hybridized carbons (Fsp3) is 0.538. The standard InChI is InChI=1S/C13H20O4/c1-5-8-11(12(14)16-4)10(7-3)13(15)17-9-6-2/h5-6,10-11H,1-2,7-9H2,3-4H3. The average molecular weight is 240 g/mol. The second kappa shape index (κ2) is 8.56. The summed E-state index contributed by atoms with van der Waals surface area (Å²) in [5.74, 6) is -1.84. The van der Waals surface area contributed by atoms with E-state index in [9.17, 15) is 9.59 Å². The highest BCUT2D eigenvalue weighted by Crippen LogP contribution is 2.23. The molecule has 0 saturated carbocycles. The van der Waals surface area contributed by atoms with Crippen molar-refractivity contribution in [2.75, 3.05) is 13.7 Å². The zero-order valence-electron chi connectivity index (χ0n) is 10.5. The Labute approximate surface area is 102 Å². The molecule has 96 valence electrons. The zero-order valence-corrected chi connectivity index (χ0v) is 10.5. The van der Waals surface area contributed by atoms with Crippen LogP contribution in [0.25, 0.3) is 0 Å². The van der Waals surface area contributed by atoms with Gasteiger partial charge in [-0.1, -0.05) is 25.7 Å². The van der Waals surface area contributed by atoms with E-state index >= 15 is 0 Å². The number of carbonyl (C=O) groups is 2. The molecule has 0 spiro atoms. The maximum absolute atomic E-state index is 11.8. The number of ether oxygens (including phenoxy) is 2. The Morgan fingerprint density at radius 1 is 1.18 bits per heavy atom. The summed E-state index contributed by atoms with van der Waals surface area (Å²) < 4.78 is 9.65. The van der Waals surface area contributed by atoms with Crippen molar-refractivity contribution in [3.8, 4) is 0 Å². The van der Waals surface area contributed by atoms with Crippen LogP contribution in [0.4, 0.5) is 0 Å². The van der Waals surface area contributed by atoms with Crippen molar-refractivity contribution in [2.24, 2.45) is 11.8 Å². The summed E-state index contributed by atoms with van der Waals surface area (Å²) in [6, 6.07) is 0. The highest BCUT2D eigenvalue weighted by molar-refractivity contribution is 5.82. The molecule has 0 aromatic heterocycles. The molecule has 4 heteroatoms. The fourth-order valence-corrected chi connectivity index (χ4v) is 1.62. The van der Waals surface area contributed by atoms with Crippen molar-refractivity contribution in [3.63, 3.8) is 0 Å². The van der Waals surface area contributed by atoms with E-state index in [-0.39, 0.29) is 6.61 Å². The van der Waals surface area contributed by atoms with Gasteiger partial charge in [0.15, 0.2) is 0 Å². The van der Waals surface area contributed by atoms with E-state index < -0.39 is 23.8 Å². The van der Waals surface area contributed by atoms with E-state index in [1.165, 1.54) is 13.2 Å². The molecule has 0 N–H and O–H groups in total. The number of rotatable bonds is 8. The van der Waals surface area contributed by atoms with Gasteiger partial charge in [-0.15, -0.1) is 6.58 Å². The smallest absolute Gasteiger partial charge is 0.310 e. The van der Waals surface area contributed by atoms with Crippen LogP contribution in [-0.2, 0) is 19.1 Å². The Morgan fingerprint density at radius 3 is 2.24 bits per heavy atom. The van der Waals surface area contributed by atoms with Crippen LogP contribution in [-0.4, -0.2) is 25.7 Å². The quantitative estimate of drug-likeness (QED) is 0.481. The minimum Gasteiger partial charge on any atom is -0.469 e. The van der Waals surface area contributed by atoms with Crippen LogP contribution in [0.1, 0.15) is 19.8 Å². The Morgan fingerprint density at radius 2 is 1.82 bits per heavy atom. The van der Waals surface area contributed by atoms with Gasteiger partial charge in [-0.25, -0.2) is 0 Å². The maximum atomic E-state index is 11.8. The molecule has 0 rings (SSSR count). The predicted octanol–water partition coefficient (Wildman–Crippen LogP) is 2.11. The molecule has 0 aromatic rings. The van der Waals surface area contributed by atoms with Gasteiger partial charge in [0, 0.05) is 0 Å². The molecule has 0 saturated heterocycles. The van der Waals surface area contributed by atoms with E-state index in [2.05, 4.69) is 17.9 Å². The zero-order chi connectivity index (χ0) is 13.3. The molecule has 0 amide bonds. The first-order chi connectivity index (χ1) is 8.12. The lowest BCUT2D eigenvalue weighted by Gasteiger charge is -2.21. The third-order valence-corrected chi connectivity index (χ3v) is 2.50. The Kier molecular flexibility index (Phi) is 7.76. The maximum Gasteiger partial charge on any atom is 0.310 e. The first-order valence-corrected chi connectivity index (χ1v) is 5.58. The van der Waals surface area contributed by atoms with Crippen molar-refractivity contribution >= 4 is 11.9 Å². The summed E-state index contributed by atoms with van der Waals surface area (Å²) in [6.45, 7) is 9.03. The Balaban J connectivity index is 4.75. The van der Waals surface area contributed by atoms with E-state index in [4.69, 9.17) is 4.74 Å². The van der Waals surface area contributed by atoms with Gasteiger partial charge < -0.3 is 9.47 Å². The molecular weight excluding hydrogens is 220 g/mol. The van der Waals surface area contributed by atoms with Crippen LogP contribution in [0.2, 0.25) is 0 Å². The minimum absolute atomic E-state index is 0.150. The summed E-state index contributed by atoms with van der Waals surface area (Å²) in [4.78, 5) is 23.3. The summed E-state index contributed by atoms with van der Waals surface area (Å²) in [5, 5.41) is 0. The van der Waals surface area contributed by atoms with Crippen molar-refractivity contribution in [1.82, 2.24) is 0 Å². The number of carbonyl (C=O) groups excluding carboxylic acids is 2. The topological polar surface area (TPSA) is 52.6 Å². The molecule has 0 radical (unpaired) electrons. The van der Waals surface area contributed by atoms with E-state index in [1.54, 1.807) is 6.08 Å².